The molecule has 1 amide bonds. The van der Waals surface area contributed by atoms with Crippen LogP contribution < -0.4 is 15.4 Å². The number of nitrogens with one attached hydrogen (secondary N) is 2. The van der Waals surface area contributed by atoms with E-state index in [4.69, 9.17) is 4.74 Å². The number of amides is 1. The van der Waals surface area contributed by atoms with Crippen LogP contribution in [0.4, 0.5) is 0 Å². The van der Waals surface area contributed by atoms with E-state index in [1.54, 1.807) is 0 Å². The second-order valence-corrected chi connectivity index (χ2v) is 5.61. The minimum Gasteiger partial charge on any atom is -0.483 e. The highest BCUT2D eigenvalue weighted by atomic mass is 16.5. The number of hydrogen-bond acceptors (Lipinski definition) is 3. The Balaban J connectivity index is 2.53. The van der Waals surface area contributed by atoms with Gasteiger partial charge in [0.25, 0.3) is 5.91 Å². The molecule has 1 unspecified atom stereocenters. The molecule has 4 nitrogen and oxygen atoms in total. The Kier molecular flexibility index (Phi) is 7.83. The van der Waals surface area contributed by atoms with Crippen molar-refractivity contribution in [1.82, 2.24) is 10.6 Å². The van der Waals surface area contributed by atoms with E-state index in [2.05, 4.69) is 31.4 Å². The molecule has 0 heterocycles. The van der Waals surface area contributed by atoms with Crippen molar-refractivity contribution in [1.29, 1.82) is 0 Å². The lowest BCUT2D eigenvalue weighted by Crippen LogP contribution is -2.30. The Morgan fingerprint density at radius 1 is 1.29 bits per heavy atom. The molecule has 0 aliphatic heterocycles. The fourth-order valence-corrected chi connectivity index (χ4v) is 2.17. The van der Waals surface area contributed by atoms with Gasteiger partial charge in [0.1, 0.15) is 5.75 Å². The summed E-state index contributed by atoms with van der Waals surface area (Å²) in [6.07, 6.45) is 1.96. The molecule has 0 saturated heterocycles. The van der Waals surface area contributed by atoms with Gasteiger partial charge in [0, 0.05) is 18.2 Å². The zero-order valence-corrected chi connectivity index (χ0v) is 13.6. The van der Waals surface area contributed by atoms with Crippen LogP contribution in [0.15, 0.2) is 24.3 Å². The first-order valence-electron chi connectivity index (χ1n) is 7.74. The molecule has 4 heteroatoms. The summed E-state index contributed by atoms with van der Waals surface area (Å²) >= 11 is 0. The zero-order valence-electron chi connectivity index (χ0n) is 13.6. The summed E-state index contributed by atoms with van der Waals surface area (Å²) in [6.45, 7) is 7.17. The quantitative estimate of drug-likeness (QED) is 0.736. The van der Waals surface area contributed by atoms with Gasteiger partial charge < -0.3 is 15.4 Å². The molecule has 0 bridgehead atoms. The molecule has 1 aromatic carbocycles. The van der Waals surface area contributed by atoms with Gasteiger partial charge in [-0.15, -0.1) is 0 Å². The van der Waals surface area contributed by atoms with Gasteiger partial charge >= 0.3 is 0 Å². The maximum absolute atomic E-state index is 11.8. The molecular formula is C17H28N2O2. The largest absolute Gasteiger partial charge is 0.483 e. The molecule has 118 valence electrons. The zero-order chi connectivity index (χ0) is 15.7. The molecule has 1 aromatic rings. The van der Waals surface area contributed by atoms with Crippen LogP contribution in [-0.4, -0.2) is 26.1 Å². The van der Waals surface area contributed by atoms with Crippen LogP contribution in [0.3, 0.4) is 0 Å². The highest BCUT2D eigenvalue weighted by Gasteiger charge is 2.13. The first-order valence-corrected chi connectivity index (χ1v) is 7.74. The van der Waals surface area contributed by atoms with E-state index < -0.39 is 0 Å². The third kappa shape index (κ3) is 6.17. The second kappa shape index (κ2) is 9.40. The van der Waals surface area contributed by atoms with Crippen molar-refractivity contribution in [3.05, 3.63) is 29.8 Å². The Hall–Kier alpha value is -1.55. The van der Waals surface area contributed by atoms with Crippen molar-refractivity contribution >= 4 is 5.91 Å². The first kappa shape index (κ1) is 17.5. The summed E-state index contributed by atoms with van der Waals surface area (Å²) in [5, 5.41) is 6.14. The second-order valence-electron chi connectivity index (χ2n) is 5.61. The normalized spacial score (nSPS) is 12.2. The van der Waals surface area contributed by atoms with Crippen LogP contribution in [0.1, 0.15) is 45.2 Å². The highest BCUT2D eigenvalue weighted by molar-refractivity contribution is 5.77. The molecule has 0 saturated carbocycles. The van der Waals surface area contributed by atoms with Crippen molar-refractivity contribution in [3.63, 3.8) is 0 Å². The van der Waals surface area contributed by atoms with Gasteiger partial charge in [-0.1, -0.05) is 39.0 Å². The summed E-state index contributed by atoms with van der Waals surface area (Å²) < 4.78 is 5.69. The monoisotopic (exact) mass is 292 g/mol. The predicted octanol–water partition coefficient (Wildman–Crippen LogP) is 2.90. The van der Waals surface area contributed by atoms with E-state index in [0.717, 1.165) is 24.2 Å². The lowest BCUT2D eigenvalue weighted by Gasteiger charge is -2.18. The van der Waals surface area contributed by atoms with Gasteiger partial charge in [-0.3, -0.25) is 4.79 Å². The number of carbonyl (C=O) groups excluding carboxylic acids is 1. The van der Waals surface area contributed by atoms with Crippen LogP contribution in [0.25, 0.3) is 0 Å². The number of benzene rings is 1. The summed E-state index contributed by atoms with van der Waals surface area (Å²) in [5.41, 5.74) is 1.09. The summed E-state index contributed by atoms with van der Waals surface area (Å²) in [4.78, 5) is 11.8. The van der Waals surface area contributed by atoms with E-state index in [1.807, 2.05) is 31.3 Å². The number of rotatable bonds is 9. The maximum atomic E-state index is 11.8. The number of ether oxygens (including phenoxy) is 1. The van der Waals surface area contributed by atoms with Gasteiger partial charge in [0.05, 0.1) is 0 Å². The van der Waals surface area contributed by atoms with Crippen LogP contribution in [-0.2, 0) is 4.79 Å². The summed E-state index contributed by atoms with van der Waals surface area (Å²) in [6, 6.07) is 8.11. The smallest absolute Gasteiger partial charge is 0.257 e. The molecule has 0 aromatic heterocycles. The van der Waals surface area contributed by atoms with Crippen molar-refractivity contribution in [3.8, 4) is 5.75 Å². The topological polar surface area (TPSA) is 50.4 Å². The van der Waals surface area contributed by atoms with Crippen molar-refractivity contribution in [2.24, 2.45) is 5.92 Å². The third-order valence-corrected chi connectivity index (χ3v) is 3.45. The van der Waals surface area contributed by atoms with E-state index in [1.165, 1.54) is 0 Å². The fraction of sp³-hybridized carbons (Fsp3) is 0.588. The first-order chi connectivity index (χ1) is 10.1. The summed E-state index contributed by atoms with van der Waals surface area (Å²) in [7, 11) is 1.93. The van der Waals surface area contributed by atoms with Crippen LogP contribution in [0.2, 0.25) is 0 Å². The van der Waals surface area contributed by atoms with Crippen LogP contribution in [0, 0.1) is 5.92 Å². The average molecular weight is 292 g/mol. The molecule has 2 N–H and O–H groups in total. The van der Waals surface area contributed by atoms with Crippen LogP contribution in [0.5, 0.6) is 5.75 Å². The minimum absolute atomic E-state index is 0.0647. The molecule has 1 rings (SSSR count). The third-order valence-electron chi connectivity index (χ3n) is 3.45. The van der Waals surface area contributed by atoms with E-state index >= 15 is 0 Å². The minimum atomic E-state index is -0.0667. The number of carbonyl (C=O) groups is 1. The number of hydrogen-bond donors (Lipinski definition) is 2. The molecule has 0 spiro atoms. The fourth-order valence-electron chi connectivity index (χ4n) is 2.17. The lowest BCUT2D eigenvalue weighted by atomic mass is 10.0. The molecule has 0 fully saturated rings. The SMILES string of the molecule is CCC(NC)c1ccccc1OCC(=O)NCCC(C)C. The Labute approximate surface area is 128 Å². The maximum Gasteiger partial charge on any atom is 0.257 e. The highest BCUT2D eigenvalue weighted by Crippen LogP contribution is 2.26. The van der Waals surface area contributed by atoms with Crippen molar-refractivity contribution in [2.45, 2.75) is 39.7 Å². The van der Waals surface area contributed by atoms with Gasteiger partial charge in [0.15, 0.2) is 6.61 Å². The summed E-state index contributed by atoms with van der Waals surface area (Å²) in [5.74, 6) is 1.30. The molecule has 0 aliphatic carbocycles. The molecular weight excluding hydrogens is 264 g/mol. The molecule has 21 heavy (non-hydrogen) atoms. The Morgan fingerprint density at radius 2 is 2.00 bits per heavy atom. The standard InChI is InChI=1S/C17H28N2O2/c1-5-15(18-4)14-8-6-7-9-16(14)21-12-17(20)19-11-10-13(2)3/h6-9,13,15,18H,5,10-12H2,1-4H3,(H,19,20). The predicted molar refractivity (Wildman–Crippen MR) is 86.5 cm³/mol. The molecule has 1 atom stereocenters. The molecule has 0 radical (unpaired) electrons. The van der Waals surface area contributed by atoms with E-state index in [9.17, 15) is 4.79 Å². The van der Waals surface area contributed by atoms with E-state index in [-0.39, 0.29) is 18.6 Å². The van der Waals surface area contributed by atoms with Gasteiger partial charge in [-0.25, -0.2) is 0 Å². The Bertz CT molecular complexity index is 429. The van der Waals surface area contributed by atoms with Gasteiger partial charge in [0.2, 0.25) is 0 Å². The van der Waals surface area contributed by atoms with Gasteiger partial charge in [-0.2, -0.15) is 0 Å². The Morgan fingerprint density at radius 3 is 2.62 bits per heavy atom. The van der Waals surface area contributed by atoms with E-state index in [0.29, 0.717) is 12.5 Å². The number of para-hydroxylation sites is 1. The molecule has 0 aliphatic rings. The van der Waals surface area contributed by atoms with Gasteiger partial charge in [-0.05, 0) is 31.9 Å². The lowest BCUT2D eigenvalue weighted by molar-refractivity contribution is -0.123. The van der Waals surface area contributed by atoms with Crippen molar-refractivity contribution in [2.75, 3.05) is 20.2 Å². The van der Waals surface area contributed by atoms with Crippen LogP contribution >= 0.6 is 0 Å². The van der Waals surface area contributed by atoms with Crippen molar-refractivity contribution < 1.29 is 9.53 Å². The average Bonchev–Trinajstić information content (AvgIpc) is 2.47.